The van der Waals surface area contributed by atoms with Gasteiger partial charge >= 0.3 is 0 Å². The number of benzene rings is 1. The average Bonchev–Trinajstić information content (AvgIpc) is 2.74. The molecule has 2 aromatic rings. The summed E-state index contributed by atoms with van der Waals surface area (Å²) in [6.07, 6.45) is 3.61. The van der Waals surface area contributed by atoms with E-state index in [0.717, 1.165) is 11.5 Å². The van der Waals surface area contributed by atoms with Crippen molar-refractivity contribution in [2.75, 3.05) is 12.6 Å². The van der Waals surface area contributed by atoms with E-state index in [9.17, 15) is 0 Å². The second kappa shape index (κ2) is 4.24. The number of hydrogen-bond acceptors (Lipinski definition) is 4. The van der Waals surface area contributed by atoms with Crippen molar-refractivity contribution in [1.82, 2.24) is 9.55 Å². The fraction of sp³-hybridized carbons (Fsp3) is 0.182. The summed E-state index contributed by atoms with van der Waals surface area (Å²) in [5, 5.41) is 8.88. The average molecular weight is 219 g/mol. The number of imidazole rings is 1. The van der Waals surface area contributed by atoms with Crippen molar-refractivity contribution in [2.45, 2.75) is 6.92 Å². The smallest absolute Gasteiger partial charge is 0.146 e. The summed E-state index contributed by atoms with van der Waals surface area (Å²) < 4.78 is 7.09. The van der Waals surface area contributed by atoms with Crippen LogP contribution in [0.5, 0.6) is 5.75 Å². The molecule has 0 aliphatic carbocycles. The molecule has 2 rings (SSSR count). The number of aryl methyl sites for hydroxylation is 1. The lowest BCUT2D eigenvalue weighted by Crippen LogP contribution is -1.99. The SMILES string of the molecule is COc1cc(-n2ccnc2C)ccc1NO. The van der Waals surface area contributed by atoms with Gasteiger partial charge in [0.15, 0.2) is 0 Å². The van der Waals surface area contributed by atoms with Gasteiger partial charge in [-0.05, 0) is 19.1 Å². The highest BCUT2D eigenvalue weighted by Gasteiger charge is 2.06. The van der Waals surface area contributed by atoms with Gasteiger partial charge in [0.05, 0.1) is 12.8 Å². The van der Waals surface area contributed by atoms with Crippen LogP contribution in [0.4, 0.5) is 5.69 Å². The molecule has 0 aliphatic rings. The normalized spacial score (nSPS) is 10.2. The predicted molar refractivity (Wildman–Crippen MR) is 60.3 cm³/mol. The van der Waals surface area contributed by atoms with Crippen molar-refractivity contribution in [3.63, 3.8) is 0 Å². The van der Waals surface area contributed by atoms with Crippen LogP contribution in [0.3, 0.4) is 0 Å². The Kier molecular flexibility index (Phi) is 2.78. The van der Waals surface area contributed by atoms with Crippen molar-refractivity contribution in [3.8, 4) is 11.4 Å². The zero-order chi connectivity index (χ0) is 11.5. The van der Waals surface area contributed by atoms with Crippen LogP contribution in [0.2, 0.25) is 0 Å². The molecule has 84 valence electrons. The van der Waals surface area contributed by atoms with E-state index in [1.54, 1.807) is 19.4 Å². The minimum Gasteiger partial charge on any atom is -0.494 e. The number of nitrogens with zero attached hydrogens (tertiary/aromatic N) is 2. The van der Waals surface area contributed by atoms with Crippen LogP contribution in [0.15, 0.2) is 30.6 Å². The zero-order valence-corrected chi connectivity index (χ0v) is 9.14. The van der Waals surface area contributed by atoms with Crippen LogP contribution in [0, 0.1) is 6.92 Å². The number of anilines is 1. The molecule has 0 fully saturated rings. The molecule has 2 N–H and O–H groups in total. The third kappa shape index (κ3) is 1.72. The van der Waals surface area contributed by atoms with Crippen LogP contribution in [-0.4, -0.2) is 21.9 Å². The van der Waals surface area contributed by atoms with Gasteiger partial charge in [0.25, 0.3) is 0 Å². The van der Waals surface area contributed by atoms with E-state index in [0.29, 0.717) is 11.4 Å². The van der Waals surface area contributed by atoms with E-state index in [4.69, 9.17) is 9.94 Å². The van der Waals surface area contributed by atoms with Crippen LogP contribution in [0.25, 0.3) is 5.69 Å². The lowest BCUT2D eigenvalue weighted by atomic mass is 10.2. The molecule has 0 saturated heterocycles. The lowest BCUT2D eigenvalue weighted by molar-refractivity contribution is 0.373. The summed E-state index contributed by atoms with van der Waals surface area (Å²) in [7, 11) is 1.56. The standard InChI is InChI=1S/C11H13N3O2/c1-8-12-5-6-14(8)9-3-4-10(13-15)11(7-9)16-2/h3-7,13,15H,1-2H3. The fourth-order valence-corrected chi connectivity index (χ4v) is 1.57. The third-order valence-electron chi connectivity index (χ3n) is 2.41. The lowest BCUT2D eigenvalue weighted by Gasteiger charge is -2.10. The van der Waals surface area contributed by atoms with Crippen LogP contribution in [-0.2, 0) is 0 Å². The van der Waals surface area contributed by atoms with Crippen molar-refractivity contribution >= 4 is 5.69 Å². The monoisotopic (exact) mass is 219 g/mol. The molecule has 5 heteroatoms. The number of methoxy groups -OCH3 is 1. The number of rotatable bonds is 3. The predicted octanol–water partition coefficient (Wildman–Crippen LogP) is 1.99. The van der Waals surface area contributed by atoms with Gasteiger partial charge in [0.2, 0.25) is 0 Å². The molecule has 0 amide bonds. The number of aromatic nitrogens is 2. The molecule has 5 nitrogen and oxygen atoms in total. The summed E-state index contributed by atoms with van der Waals surface area (Å²) >= 11 is 0. The van der Waals surface area contributed by atoms with Gasteiger partial charge < -0.3 is 9.30 Å². The Bertz CT molecular complexity index is 494. The molecule has 0 radical (unpaired) electrons. The summed E-state index contributed by atoms with van der Waals surface area (Å²) in [6.45, 7) is 1.92. The first-order valence-electron chi connectivity index (χ1n) is 4.84. The van der Waals surface area contributed by atoms with E-state index in [-0.39, 0.29) is 0 Å². The molecule has 1 aromatic carbocycles. The highest BCUT2D eigenvalue weighted by atomic mass is 16.5. The van der Waals surface area contributed by atoms with Crippen molar-refractivity contribution in [2.24, 2.45) is 0 Å². The second-order valence-corrected chi connectivity index (χ2v) is 3.34. The topological polar surface area (TPSA) is 59.3 Å². The highest BCUT2D eigenvalue weighted by molar-refractivity contribution is 5.59. The molecule has 0 spiro atoms. The third-order valence-corrected chi connectivity index (χ3v) is 2.41. The summed E-state index contributed by atoms with van der Waals surface area (Å²) in [5.74, 6) is 1.47. The molecular weight excluding hydrogens is 206 g/mol. The van der Waals surface area contributed by atoms with Crippen molar-refractivity contribution in [3.05, 3.63) is 36.4 Å². The van der Waals surface area contributed by atoms with Crippen LogP contribution >= 0.6 is 0 Å². The van der Waals surface area contributed by atoms with Gasteiger partial charge in [-0.2, -0.15) is 0 Å². The van der Waals surface area contributed by atoms with Crippen molar-refractivity contribution < 1.29 is 9.94 Å². The number of hydrogen-bond donors (Lipinski definition) is 2. The van der Waals surface area contributed by atoms with Gasteiger partial charge in [-0.1, -0.05) is 0 Å². The first-order valence-corrected chi connectivity index (χ1v) is 4.84. The molecule has 0 atom stereocenters. The second-order valence-electron chi connectivity index (χ2n) is 3.34. The molecule has 0 saturated carbocycles. The first-order chi connectivity index (χ1) is 7.76. The molecule has 16 heavy (non-hydrogen) atoms. The molecule has 1 heterocycles. The molecule has 0 bridgehead atoms. The Morgan fingerprint density at radius 1 is 1.44 bits per heavy atom. The van der Waals surface area contributed by atoms with Gasteiger partial charge in [-0.15, -0.1) is 0 Å². The van der Waals surface area contributed by atoms with E-state index < -0.39 is 0 Å². The maximum absolute atomic E-state index is 8.88. The number of ether oxygens (including phenoxy) is 1. The molecule has 0 aliphatic heterocycles. The summed E-state index contributed by atoms with van der Waals surface area (Å²) in [5.41, 5.74) is 3.55. The van der Waals surface area contributed by atoms with Gasteiger partial charge in [0, 0.05) is 18.5 Å². The van der Waals surface area contributed by atoms with E-state index in [1.165, 1.54) is 0 Å². The number of nitrogens with one attached hydrogen (secondary N) is 1. The molecule has 1 aromatic heterocycles. The summed E-state index contributed by atoms with van der Waals surface area (Å²) in [4.78, 5) is 4.15. The van der Waals surface area contributed by atoms with Crippen molar-refractivity contribution in [1.29, 1.82) is 0 Å². The Morgan fingerprint density at radius 3 is 2.81 bits per heavy atom. The Balaban J connectivity index is 2.48. The first kappa shape index (κ1) is 10.5. The molecular formula is C11H13N3O2. The van der Waals surface area contributed by atoms with Gasteiger partial charge in [-0.3, -0.25) is 10.7 Å². The Morgan fingerprint density at radius 2 is 2.25 bits per heavy atom. The minimum absolute atomic E-state index is 0.531. The minimum atomic E-state index is 0.531. The van der Waals surface area contributed by atoms with Crippen LogP contribution in [0.1, 0.15) is 5.82 Å². The van der Waals surface area contributed by atoms with Gasteiger partial charge in [-0.25, -0.2) is 4.98 Å². The van der Waals surface area contributed by atoms with E-state index in [1.807, 2.05) is 29.8 Å². The van der Waals surface area contributed by atoms with Crippen LogP contribution < -0.4 is 10.2 Å². The molecule has 0 unspecified atom stereocenters. The van der Waals surface area contributed by atoms with E-state index in [2.05, 4.69) is 10.5 Å². The highest BCUT2D eigenvalue weighted by Crippen LogP contribution is 2.26. The maximum Gasteiger partial charge on any atom is 0.146 e. The van der Waals surface area contributed by atoms with Gasteiger partial charge in [0.1, 0.15) is 17.3 Å². The Hall–Kier alpha value is -2.01. The Labute approximate surface area is 93.3 Å². The summed E-state index contributed by atoms with van der Waals surface area (Å²) in [6, 6.07) is 5.44. The van der Waals surface area contributed by atoms with E-state index >= 15 is 0 Å². The quantitative estimate of drug-likeness (QED) is 0.775. The fourth-order valence-electron chi connectivity index (χ4n) is 1.57. The largest absolute Gasteiger partial charge is 0.494 e. The zero-order valence-electron chi connectivity index (χ0n) is 9.14. The maximum atomic E-state index is 8.88.